The highest BCUT2D eigenvalue weighted by molar-refractivity contribution is 9.10. The van der Waals surface area contributed by atoms with Gasteiger partial charge in [0, 0.05) is 15.6 Å². The number of amides is 2. The summed E-state index contributed by atoms with van der Waals surface area (Å²) >= 11 is 3.40. The van der Waals surface area contributed by atoms with Gasteiger partial charge in [-0.2, -0.15) is 5.10 Å². The predicted octanol–water partition coefficient (Wildman–Crippen LogP) is 3.48. The Morgan fingerprint density at radius 1 is 0.962 bits per heavy atom. The van der Waals surface area contributed by atoms with E-state index in [4.69, 9.17) is 0 Å². The van der Waals surface area contributed by atoms with Crippen molar-refractivity contribution in [1.29, 1.82) is 0 Å². The second-order valence-corrected chi connectivity index (χ2v) is 6.38. The van der Waals surface area contributed by atoms with E-state index in [1.165, 1.54) is 6.21 Å². The molecular formula is C20H16BrN3O2. The van der Waals surface area contributed by atoms with Gasteiger partial charge in [0.15, 0.2) is 0 Å². The van der Waals surface area contributed by atoms with E-state index in [-0.39, 0.29) is 12.5 Å². The summed E-state index contributed by atoms with van der Waals surface area (Å²) in [4.78, 5) is 24.2. The molecule has 2 N–H and O–H groups in total. The normalized spacial score (nSPS) is 10.8. The van der Waals surface area contributed by atoms with Gasteiger partial charge in [-0.05, 0) is 22.9 Å². The topological polar surface area (TPSA) is 70.6 Å². The average Bonchev–Trinajstić information content (AvgIpc) is 2.67. The summed E-state index contributed by atoms with van der Waals surface area (Å²) < 4.78 is 0.877. The maximum atomic E-state index is 12.4. The molecule has 0 radical (unpaired) electrons. The molecule has 0 saturated heterocycles. The van der Waals surface area contributed by atoms with Crippen molar-refractivity contribution >= 4 is 44.7 Å². The lowest BCUT2D eigenvalue weighted by Gasteiger charge is -2.07. The molecule has 0 saturated carbocycles. The van der Waals surface area contributed by atoms with Gasteiger partial charge in [-0.15, -0.1) is 0 Å². The zero-order chi connectivity index (χ0) is 18.4. The first-order valence-electron chi connectivity index (χ1n) is 7.97. The second-order valence-electron chi connectivity index (χ2n) is 5.52. The molecule has 5 nitrogen and oxygen atoms in total. The number of fused-ring (bicyclic) bond motifs is 1. The molecule has 6 heteroatoms. The highest BCUT2D eigenvalue weighted by Gasteiger charge is 2.10. The van der Waals surface area contributed by atoms with Gasteiger partial charge >= 0.3 is 0 Å². The molecule has 0 bridgehead atoms. The number of nitrogens with one attached hydrogen (secondary N) is 2. The molecule has 0 aliphatic rings. The average molecular weight is 410 g/mol. The number of carbonyl (C=O) groups excluding carboxylic acids is 2. The van der Waals surface area contributed by atoms with Gasteiger partial charge in [0.05, 0.1) is 12.8 Å². The Bertz CT molecular complexity index is 980. The predicted molar refractivity (Wildman–Crippen MR) is 106 cm³/mol. The third-order valence-electron chi connectivity index (χ3n) is 3.74. The van der Waals surface area contributed by atoms with E-state index in [2.05, 4.69) is 31.8 Å². The van der Waals surface area contributed by atoms with Crippen LogP contribution in [0.5, 0.6) is 0 Å². The second kappa shape index (κ2) is 8.40. The number of hydrogen-bond acceptors (Lipinski definition) is 3. The summed E-state index contributed by atoms with van der Waals surface area (Å²) in [5.74, 6) is -0.700. The lowest BCUT2D eigenvalue weighted by Crippen LogP contribution is -2.35. The molecule has 0 spiro atoms. The molecule has 3 aromatic rings. The van der Waals surface area contributed by atoms with E-state index in [0.29, 0.717) is 5.56 Å². The summed E-state index contributed by atoms with van der Waals surface area (Å²) in [6.07, 6.45) is 1.54. The Morgan fingerprint density at radius 2 is 1.69 bits per heavy atom. The number of nitrogens with zero attached hydrogens (tertiary/aromatic N) is 1. The molecule has 3 rings (SSSR count). The molecule has 26 heavy (non-hydrogen) atoms. The van der Waals surface area contributed by atoms with Crippen LogP contribution in [0.1, 0.15) is 15.9 Å². The van der Waals surface area contributed by atoms with Crippen LogP contribution < -0.4 is 10.7 Å². The highest BCUT2D eigenvalue weighted by atomic mass is 79.9. The molecule has 0 aliphatic carbocycles. The van der Waals surface area contributed by atoms with Crippen molar-refractivity contribution < 1.29 is 9.59 Å². The van der Waals surface area contributed by atoms with Crippen molar-refractivity contribution in [3.05, 3.63) is 82.3 Å². The lowest BCUT2D eigenvalue weighted by molar-refractivity contribution is -0.120. The quantitative estimate of drug-likeness (QED) is 0.500. The largest absolute Gasteiger partial charge is 0.343 e. The van der Waals surface area contributed by atoms with E-state index in [0.717, 1.165) is 20.8 Å². The van der Waals surface area contributed by atoms with Crippen molar-refractivity contribution in [2.75, 3.05) is 6.54 Å². The van der Waals surface area contributed by atoms with Crippen LogP contribution in [0.2, 0.25) is 0 Å². The van der Waals surface area contributed by atoms with Gasteiger partial charge in [-0.25, -0.2) is 5.43 Å². The van der Waals surface area contributed by atoms with E-state index in [1.54, 1.807) is 6.07 Å². The van der Waals surface area contributed by atoms with Crippen molar-refractivity contribution in [3.8, 4) is 0 Å². The van der Waals surface area contributed by atoms with Gasteiger partial charge in [0.1, 0.15) is 0 Å². The summed E-state index contributed by atoms with van der Waals surface area (Å²) in [6.45, 7) is -0.157. The Balaban J connectivity index is 1.57. The number of carbonyl (C=O) groups is 2. The van der Waals surface area contributed by atoms with Crippen LogP contribution in [-0.2, 0) is 4.79 Å². The summed E-state index contributed by atoms with van der Waals surface area (Å²) in [6, 6.07) is 20.6. The van der Waals surface area contributed by atoms with Gasteiger partial charge in [-0.3, -0.25) is 9.59 Å². The van der Waals surface area contributed by atoms with E-state index in [9.17, 15) is 9.59 Å². The first-order chi connectivity index (χ1) is 12.6. The Kier molecular flexibility index (Phi) is 5.76. The molecule has 0 heterocycles. The van der Waals surface area contributed by atoms with Crippen LogP contribution in [0.4, 0.5) is 0 Å². The van der Waals surface area contributed by atoms with Crippen molar-refractivity contribution in [2.45, 2.75) is 0 Å². The third kappa shape index (κ3) is 4.34. The molecule has 0 atom stereocenters. The first-order valence-corrected chi connectivity index (χ1v) is 8.77. The van der Waals surface area contributed by atoms with Crippen molar-refractivity contribution in [2.24, 2.45) is 5.10 Å². The van der Waals surface area contributed by atoms with E-state index < -0.39 is 5.91 Å². The molecule has 0 aromatic heterocycles. The van der Waals surface area contributed by atoms with Gasteiger partial charge in [0.25, 0.3) is 11.8 Å². The monoisotopic (exact) mass is 409 g/mol. The van der Waals surface area contributed by atoms with Crippen LogP contribution in [0.15, 0.2) is 76.3 Å². The maximum absolute atomic E-state index is 12.4. The fourth-order valence-electron chi connectivity index (χ4n) is 2.47. The van der Waals surface area contributed by atoms with E-state index in [1.807, 2.05) is 60.7 Å². The summed E-state index contributed by atoms with van der Waals surface area (Å²) in [5.41, 5.74) is 3.77. The number of hydrogen-bond donors (Lipinski definition) is 2. The van der Waals surface area contributed by atoms with Gasteiger partial charge in [-0.1, -0.05) is 70.5 Å². The number of benzene rings is 3. The minimum absolute atomic E-state index is 0.157. The number of hydrazone groups is 1. The van der Waals surface area contributed by atoms with E-state index >= 15 is 0 Å². The number of rotatable bonds is 5. The highest BCUT2D eigenvalue weighted by Crippen LogP contribution is 2.18. The molecule has 2 amide bonds. The van der Waals surface area contributed by atoms with Crippen LogP contribution in [0.3, 0.4) is 0 Å². The maximum Gasteiger partial charge on any atom is 0.259 e. The van der Waals surface area contributed by atoms with Gasteiger partial charge in [0.2, 0.25) is 0 Å². The fraction of sp³-hybridized carbons (Fsp3) is 0.0500. The van der Waals surface area contributed by atoms with Gasteiger partial charge < -0.3 is 5.32 Å². The zero-order valence-electron chi connectivity index (χ0n) is 13.8. The number of halogens is 1. The third-order valence-corrected chi connectivity index (χ3v) is 4.46. The molecule has 0 aliphatic heterocycles. The zero-order valence-corrected chi connectivity index (χ0v) is 15.4. The Labute approximate surface area is 159 Å². The smallest absolute Gasteiger partial charge is 0.259 e. The summed E-state index contributed by atoms with van der Waals surface area (Å²) in [7, 11) is 0. The summed E-state index contributed by atoms with van der Waals surface area (Å²) in [5, 5.41) is 8.34. The molecule has 130 valence electrons. The van der Waals surface area contributed by atoms with Crippen LogP contribution in [0, 0.1) is 0 Å². The Hall–Kier alpha value is -2.99. The molecule has 3 aromatic carbocycles. The molecular weight excluding hydrogens is 394 g/mol. The molecule has 0 fully saturated rings. The SMILES string of the molecule is O=C(CNC(=O)c1cccc2ccccc12)NN=Cc1ccccc1Br. The first kappa shape index (κ1) is 17.8. The minimum atomic E-state index is -0.401. The van der Waals surface area contributed by atoms with Crippen LogP contribution in [-0.4, -0.2) is 24.6 Å². The van der Waals surface area contributed by atoms with Crippen LogP contribution >= 0.6 is 15.9 Å². The fourth-order valence-corrected chi connectivity index (χ4v) is 2.86. The van der Waals surface area contributed by atoms with Crippen molar-refractivity contribution in [3.63, 3.8) is 0 Å². The van der Waals surface area contributed by atoms with Crippen LogP contribution in [0.25, 0.3) is 10.8 Å². The lowest BCUT2D eigenvalue weighted by atomic mass is 10.0. The molecule has 0 unspecified atom stereocenters. The Morgan fingerprint density at radius 3 is 2.54 bits per heavy atom. The van der Waals surface area contributed by atoms with Crippen molar-refractivity contribution in [1.82, 2.24) is 10.7 Å². The standard InChI is InChI=1S/C20H16BrN3O2/c21-18-11-4-2-7-15(18)12-23-24-19(25)13-22-20(26)17-10-5-8-14-6-1-3-9-16(14)17/h1-12H,13H2,(H,22,26)(H,24,25). The minimum Gasteiger partial charge on any atom is -0.343 e.